The summed E-state index contributed by atoms with van der Waals surface area (Å²) in [5.41, 5.74) is 2.19. The zero-order valence-electron chi connectivity index (χ0n) is 12.9. The number of rotatable bonds is 4. The van der Waals surface area contributed by atoms with Gasteiger partial charge in [0.15, 0.2) is 0 Å². The monoisotopic (exact) mass is 313 g/mol. The van der Waals surface area contributed by atoms with Gasteiger partial charge >= 0.3 is 5.97 Å². The topological polar surface area (TPSA) is 86.3 Å². The average molecular weight is 313 g/mol. The molecule has 1 fully saturated rings. The molecule has 2 unspecified atom stereocenters. The first-order valence-corrected chi connectivity index (χ1v) is 7.71. The number of benzene rings is 1. The Bertz CT molecular complexity index is 711. The third kappa shape index (κ3) is 2.97. The molecule has 1 aliphatic rings. The Labute approximate surface area is 134 Å². The Balaban J connectivity index is 1.82. The molecule has 0 aliphatic carbocycles. The third-order valence-corrected chi connectivity index (χ3v) is 4.38. The van der Waals surface area contributed by atoms with Crippen LogP contribution < -0.4 is 0 Å². The number of carboxylic acids is 1. The smallest absolute Gasteiger partial charge is 0.308 e. The van der Waals surface area contributed by atoms with Crippen LogP contribution in [0, 0.1) is 5.92 Å². The van der Waals surface area contributed by atoms with Crippen LogP contribution in [0.25, 0.3) is 0 Å². The lowest BCUT2D eigenvalue weighted by molar-refractivity contribution is -0.141. The molecule has 1 amide bonds. The highest BCUT2D eigenvalue weighted by Crippen LogP contribution is 2.33. The maximum Gasteiger partial charge on any atom is 0.308 e. The Morgan fingerprint density at radius 2 is 2.04 bits per heavy atom. The second-order valence-electron chi connectivity index (χ2n) is 5.80. The van der Waals surface area contributed by atoms with Crippen LogP contribution in [0.15, 0.2) is 36.4 Å². The number of carbonyl (C=O) groups excluding carboxylic acids is 1. The molecule has 23 heavy (non-hydrogen) atoms. The van der Waals surface area contributed by atoms with Crippen LogP contribution in [0.5, 0.6) is 0 Å². The van der Waals surface area contributed by atoms with Gasteiger partial charge in [0.05, 0.1) is 5.92 Å². The lowest BCUT2D eigenvalue weighted by atomic mass is 9.89. The van der Waals surface area contributed by atoms with Crippen LogP contribution in [-0.4, -0.2) is 45.2 Å². The lowest BCUT2D eigenvalue weighted by Crippen LogP contribution is -2.30. The average Bonchev–Trinajstić information content (AvgIpc) is 3.22. The summed E-state index contributed by atoms with van der Waals surface area (Å²) in [6.45, 7) is 2.58. The van der Waals surface area contributed by atoms with Crippen molar-refractivity contribution in [2.45, 2.75) is 19.3 Å². The predicted octanol–water partition coefficient (Wildman–Crippen LogP) is 1.91. The van der Waals surface area contributed by atoms with Gasteiger partial charge < -0.3 is 10.0 Å². The van der Waals surface area contributed by atoms with Crippen LogP contribution in [-0.2, 0) is 11.2 Å². The summed E-state index contributed by atoms with van der Waals surface area (Å²) in [5, 5.41) is 16.4. The molecule has 1 aromatic carbocycles. The van der Waals surface area contributed by atoms with Gasteiger partial charge in [-0.3, -0.25) is 14.7 Å². The van der Waals surface area contributed by atoms with Crippen molar-refractivity contribution in [2.75, 3.05) is 13.1 Å². The molecule has 0 radical (unpaired) electrons. The van der Waals surface area contributed by atoms with E-state index in [1.807, 2.05) is 37.3 Å². The predicted molar refractivity (Wildman–Crippen MR) is 84.2 cm³/mol. The summed E-state index contributed by atoms with van der Waals surface area (Å²) >= 11 is 0. The summed E-state index contributed by atoms with van der Waals surface area (Å²) in [6, 6.07) is 11.2. The van der Waals surface area contributed by atoms with Gasteiger partial charge in [0, 0.05) is 24.7 Å². The van der Waals surface area contributed by atoms with E-state index in [1.54, 1.807) is 11.0 Å². The molecule has 2 heterocycles. The standard InChI is InChI=1S/C17H19N3O3/c1-2-12-8-15(19-18-12)16(21)20-9-13(14(10-20)17(22)23)11-6-4-3-5-7-11/h3-8,13-14H,2,9-10H2,1H3,(H,18,19)(H,22,23). The Hall–Kier alpha value is -2.63. The fourth-order valence-electron chi connectivity index (χ4n) is 3.07. The second kappa shape index (κ2) is 6.24. The number of carboxylic acid groups (broad SMARTS) is 1. The minimum atomic E-state index is -0.870. The number of aromatic nitrogens is 2. The van der Waals surface area contributed by atoms with Crippen molar-refractivity contribution in [1.29, 1.82) is 0 Å². The number of nitrogens with one attached hydrogen (secondary N) is 1. The fourth-order valence-corrected chi connectivity index (χ4v) is 3.07. The van der Waals surface area contributed by atoms with E-state index in [1.165, 1.54) is 0 Å². The molecule has 2 N–H and O–H groups in total. The summed E-state index contributed by atoms with van der Waals surface area (Å²) in [5.74, 6) is -1.87. The Morgan fingerprint density at radius 1 is 1.30 bits per heavy atom. The van der Waals surface area contributed by atoms with Gasteiger partial charge in [0.25, 0.3) is 5.91 Å². The van der Waals surface area contributed by atoms with Crippen LogP contribution in [0.2, 0.25) is 0 Å². The van der Waals surface area contributed by atoms with Crippen molar-refractivity contribution in [3.8, 4) is 0 Å². The van der Waals surface area contributed by atoms with E-state index in [0.717, 1.165) is 17.7 Å². The number of hydrogen-bond donors (Lipinski definition) is 2. The van der Waals surface area contributed by atoms with Crippen LogP contribution >= 0.6 is 0 Å². The third-order valence-electron chi connectivity index (χ3n) is 4.38. The molecule has 3 rings (SSSR count). The van der Waals surface area contributed by atoms with Gasteiger partial charge in [0.1, 0.15) is 5.69 Å². The number of H-pyrrole nitrogens is 1. The second-order valence-corrected chi connectivity index (χ2v) is 5.80. The number of amides is 1. The first kappa shape index (κ1) is 15.3. The molecule has 2 atom stereocenters. The lowest BCUT2D eigenvalue weighted by Gasteiger charge is -2.15. The highest BCUT2D eigenvalue weighted by molar-refractivity contribution is 5.93. The number of carbonyl (C=O) groups is 2. The minimum Gasteiger partial charge on any atom is -0.481 e. The van der Waals surface area contributed by atoms with Crippen molar-refractivity contribution in [1.82, 2.24) is 15.1 Å². The van der Waals surface area contributed by atoms with E-state index in [0.29, 0.717) is 12.2 Å². The van der Waals surface area contributed by atoms with Gasteiger partial charge in [-0.1, -0.05) is 37.3 Å². The molecular formula is C17H19N3O3. The molecule has 1 aliphatic heterocycles. The van der Waals surface area contributed by atoms with E-state index in [-0.39, 0.29) is 18.4 Å². The van der Waals surface area contributed by atoms with Gasteiger partial charge in [-0.25, -0.2) is 0 Å². The molecular weight excluding hydrogens is 294 g/mol. The Morgan fingerprint density at radius 3 is 2.65 bits per heavy atom. The molecule has 6 nitrogen and oxygen atoms in total. The molecule has 6 heteroatoms. The molecule has 1 aromatic heterocycles. The molecule has 0 bridgehead atoms. The van der Waals surface area contributed by atoms with Crippen LogP contribution in [0.1, 0.15) is 34.6 Å². The quantitative estimate of drug-likeness (QED) is 0.903. The van der Waals surface area contributed by atoms with Gasteiger partial charge in [-0.05, 0) is 18.1 Å². The van der Waals surface area contributed by atoms with Crippen LogP contribution in [0.3, 0.4) is 0 Å². The Kier molecular flexibility index (Phi) is 4.14. The van der Waals surface area contributed by atoms with E-state index < -0.39 is 11.9 Å². The molecule has 2 aromatic rings. The van der Waals surface area contributed by atoms with E-state index in [9.17, 15) is 14.7 Å². The minimum absolute atomic E-state index is 0.192. The zero-order valence-corrected chi connectivity index (χ0v) is 12.9. The maximum atomic E-state index is 12.6. The van der Waals surface area contributed by atoms with Crippen molar-refractivity contribution < 1.29 is 14.7 Å². The van der Waals surface area contributed by atoms with Gasteiger partial charge in [-0.2, -0.15) is 5.10 Å². The number of aliphatic carboxylic acids is 1. The van der Waals surface area contributed by atoms with Gasteiger partial charge in [0.2, 0.25) is 0 Å². The summed E-state index contributed by atoms with van der Waals surface area (Å²) < 4.78 is 0. The highest BCUT2D eigenvalue weighted by atomic mass is 16.4. The highest BCUT2D eigenvalue weighted by Gasteiger charge is 2.41. The van der Waals surface area contributed by atoms with Crippen LogP contribution in [0.4, 0.5) is 0 Å². The number of nitrogens with zero attached hydrogens (tertiary/aromatic N) is 2. The molecule has 120 valence electrons. The zero-order chi connectivity index (χ0) is 16.4. The van der Waals surface area contributed by atoms with E-state index in [2.05, 4.69) is 10.2 Å². The van der Waals surface area contributed by atoms with Gasteiger partial charge in [-0.15, -0.1) is 0 Å². The number of hydrogen-bond acceptors (Lipinski definition) is 3. The number of aryl methyl sites for hydroxylation is 1. The molecule has 0 spiro atoms. The van der Waals surface area contributed by atoms with Crippen molar-refractivity contribution in [2.24, 2.45) is 5.92 Å². The molecule has 1 saturated heterocycles. The van der Waals surface area contributed by atoms with Crippen molar-refractivity contribution in [3.05, 3.63) is 53.3 Å². The largest absolute Gasteiger partial charge is 0.481 e. The normalized spacial score (nSPS) is 20.7. The first-order chi connectivity index (χ1) is 11.1. The molecule has 0 saturated carbocycles. The van der Waals surface area contributed by atoms with Crippen molar-refractivity contribution in [3.63, 3.8) is 0 Å². The van der Waals surface area contributed by atoms with E-state index in [4.69, 9.17) is 0 Å². The maximum absolute atomic E-state index is 12.6. The SMILES string of the molecule is CCc1cc(C(=O)N2CC(C(=O)O)C(c3ccccc3)C2)n[nH]1. The van der Waals surface area contributed by atoms with Crippen molar-refractivity contribution >= 4 is 11.9 Å². The first-order valence-electron chi connectivity index (χ1n) is 7.71. The summed E-state index contributed by atoms with van der Waals surface area (Å²) in [4.78, 5) is 25.7. The van der Waals surface area contributed by atoms with E-state index >= 15 is 0 Å². The number of aromatic amines is 1. The summed E-state index contributed by atoms with van der Waals surface area (Å²) in [6.07, 6.45) is 0.769. The fraction of sp³-hybridized carbons (Fsp3) is 0.353. The summed E-state index contributed by atoms with van der Waals surface area (Å²) in [7, 11) is 0. The number of likely N-dealkylation sites (tertiary alicyclic amines) is 1.